The van der Waals surface area contributed by atoms with Gasteiger partial charge < -0.3 is 15.4 Å². The minimum atomic E-state index is -0.351. The highest BCUT2D eigenvalue weighted by Crippen LogP contribution is 2.26. The van der Waals surface area contributed by atoms with E-state index in [1.807, 2.05) is 0 Å². The summed E-state index contributed by atoms with van der Waals surface area (Å²) in [5.74, 6) is -0.260. The van der Waals surface area contributed by atoms with Crippen LogP contribution in [0.25, 0.3) is 0 Å². The molecule has 8 heteroatoms. The Kier molecular flexibility index (Phi) is 6.99. The molecule has 0 unspecified atom stereocenters. The zero-order valence-electron chi connectivity index (χ0n) is 14.9. The molecular formula is C21H15Cl3N2O3. The Balaban J connectivity index is 1.55. The first-order valence-corrected chi connectivity index (χ1v) is 9.59. The third-order valence-electron chi connectivity index (χ3n) is 3.81. The number of hydrogen-bond acceptors (Lipinski definition) is 3. The highest BCUT2D eigenvalue weighted by molar-refractivity contribution is 6.36. The van der Waals surface area contributed by atoms with Crippen LogP contribution in [0.5, 0.6) is 5.75 Å². The van der Waals surface area contributed by atoms with E-state index in [1.54, 1.807) is 66.7 Å². The number of amides is 2. The van der Waals surface area contributed by atoms with Gasteiger partial charge in [0, 0.05) is 10.6 Å². The number of carbonyl (C=O) groups excluding carboxylic acids is 2. The van der Waals surface area contributed by atoms with Gasteiger partial charge >= 0.3 is 0 Å². The smallest absolute Gasteiger partial charge is 0.262 e. The maximum atomic E-state index is 12.4. The van der Waals surface area contributed by atoms with Gasteiger partial charge in [0.15, 0.2) is 6.61 Å². The van der Waals surface area contributed by atoms with Crippen LogP contribution < -0.4 is 15.4 Å². The van der Waals surface area contributed by atoms with Gasteiger partial charge in [-0.15, -0.1) is 0 Å². The van der Waals surface area contributed by atoms with E-state index < -0.39 is 0 Å². The second-order valence-corrected chi connectivity index (χ2v) is 7.17. The first kappa shape index (κ1) is 21.0. The fourth-order valence-electron chi connectivity index (χ4n) is 2.39. The lowest BCUT2D eigenvalue weighted by Gasteiger charge is -2.10. The quantitative estimate of drug-likeness (QED) is 0.491. The number of ether oxygens (including phenoxy) is 1. The molecule has 0 heterocycles. The average Bonchev–Trinajstić information content (AvgIpc) is 2.71. The van der Waals surface area contributed by atoms with Gasteiger partial charge in [-0.2, -0.15) is 0 Å². The molecule has 29 heavy (non-hydrogen) atoms. The maximum absolute atomic E-state index is 12.4. The summed E-state index contributed by atoms with van der Waals surface area (Å²) in [5.41, 5.74) is 1.32. The molecule has 5 nitrogen and oxygen atoms in total. The van der Waals surface area contributed by atoms with Gasteiger partial charge in [-0.1, -0.05) is 46.9 Å². The molecule has 2 N–H and O–H groups in total. The molecule has 2 amide bonds. The minimum absolute atomic E-state index is 0.200. The van der Waals surface area contributed by atoms with E-state index >= 15 is 0 Å². The van der Waals surface area contributed by atoms with Crippen LogP contribution in [0.4, 0.5) is 11.4 Å². The van der Waals surface area contributed by atoms with Crippen LogP contribution in [0.2, 0.25) is 15.1 Å². The molecule has 0 radical (unpaired) electrons. The average molecular weight is 450 g/mol. The van der Waals surface area contributed by atoms with Gasteiger partial charge in [-0.3, -0.25) is 9.59 Å². The second kappa shape index (κ2) is 9.65. The van der Waals surface area contributed by atoms with Gasteiger partial charge in [0.25, 0.3) is 11.8 Å². The van der Waals surface area contributed by atoms with Crippen molar-refractivity contribution in [2.24, 2.45) is 0 Å². The summed E-state index contributed by atoms with van der Waals surface area (Å²) >= 11 is 18.0. The van der Waals surface area contributed by atoms with E-state index in [2.05, 4.69) is 10.6 Å². The lowest BCUT2D eigenvalue weighted by Crippen LogP contribution is -2.20. The van der Waals surface area contributed by atoms with Crippen molar-refractivity contribution in [3.8, 4) is 5.75 Å². The van der Waals surface area contributed by atoms with Crippen LogP contribution in [-0.4, -0.2) is 18.4 Å². The monoisotopic (exact) mass is 448 g/mol. The van der Waals surface area contributed by atoms with E-state index in [4.69, 9.17) is 39.5 Å². The van der Waals surface area contributed by atoms with Gasteiger partial charge in [-0.25, -0.2) is 0 Å². The van der Waals surface area contributed by atoms with Crippen LogP contribution >= 0.6 is 34.8 Å². The van der Waals surface area contributed by atoms with Crippen molar-refractivity contribution in [2.45, 2.75) is 0 Å². The number of carbonyl (C=O) groups is 2. The van der Waals surface area contributed by atoms with E-state index in [9.17, 15) is 9.59 Å². The van der Waals surface area contributed by atoms with Gasteiger partial charge in [0.1, 0.15) is 5.75 Å². The number of benzene rings is 3. The Morgan fingerprint density at radius 3 is 2.21 bits per heavy atom. The van der Waals surface area contributed by atoms with Crippen LogP contribution in [0.15, 0.2) is 66.7 Å². The summed E-state index contributed by atoms with van der Waals surface area (Å²) in [6.07, 6.45) is 0. The molecule has 0 aromatic heterocycles. The summed E-state index contributed by atoms with van der Waals surface area (Å²) in [6.45, 7) is -0.200. The number of para-hydroxylation sites is 1. The Labute approximate surface area is 182 Å². The highest BCUT2D eigenvalue weighted by atomic mass is 35.5. The molecule has 0 aliphatic rings. The summed E-state index contributed by atoms with van der Waals surface area (Å²) in [7, 11) is 0. The maximum Gasteiger partial charge on any atom is 0.262 e. The SMILES string of the molecule is O=C(COc1ccc(C(=O)Nc2cc(Cl)ccc2Cl)cc1)Nc1ccccc1Cl. The molecule has 3 rings (SSSR count). The minimum Gasteiger partial charge on any atom is -0.484 e. The number of halogens is 3. The van der Waals surface area contributed by atoms with Crippen LogP contribution in [0.3, 0.4) is 0 Å². The molecule has 0 spiro atoms. The fourth-order valence-corrected chi connectivity index (χ4v) is 2.91. The zero-order valence-corrected chi connectivity index (χ0v) is 17.2. The summed E-state index contributed by atoms with van der Waals surface area (Å²) in [5, 5.41) is 6.64. The lowest BCUT2D eigenvalue weighted by atomic mass is 10.2. The second-order valence-electron chi connectivity index (χ2n) is 5.92. The van der Waals surface area contributed by atoms with E-state index in [-0.39, 0.29) is 18.4 Å². The lowest BCUT2D eigenvalue weighted by molar-refractivity contribution is -0.118. The van der Waals surface area contributed by atoms with E-state index in [0.29, 0.717) is 37.8 Å². The predicted octanol–water partition coefficient (Wildman–Crippen LogP) is 5.92. The molecule has 148 valence electrons. The van der Waals surface area contributed by atoms with Gasteiger partial charge in [0.05, 0.1) is 21.4 Å². The van der Waals surface area contributed by atoms with Crippen molar-refractivity contribution in [2.75, 3.05) is 17.2 Å². The summed E-state index contributed by atoms with van der Waals surface area (Å²) in [4.78, 5) is 24.4. The van der Waals surface area contributed by atoms with Gasteiger partial charge in [0.2, 0.25) is 0 Å². The Hall–Kier alpha value is -2.73. The first-order valence-electron chi connectivity index (χ1n) is 8.46. The van der Waals surface area contributed by atoms with Crippen molar-refractivity contribution >= 4 is 58.0 Å². The third-order valence-corrected chi connectivity index (χ3v) is 4.71. The third kappa shape index (κ3) is 5.87. The molecule has 0 aliphatic heterocycles. The van der Waals surface area contributed by atoms with E-state index in [1.165, 1.54) is 0 Å². The Morgan fingerprint density at radius 2 is 1.48 bits per heavy atom. The van der Waals surface area contributed by atoms with Crippen molar-refractivity contribution in [1.82, 2.24) is 0 Å². The van der Waals surface area contributed by atoms with Crippen LogP contribution in [-0.2, 0) is 4.79 Å². The van der Waals surface area contributed by atoms with E-state index in [0.717, 1.165) is 0 Å². The van der Waals surface area contributed by atoms with Crippen molar-refractivity contribution in [1.29, 1.82) is 0 Å². The Morgan fingerprint density at radius 1 is 0.793 bits per heavy atom. The standard InChI is InChI=1S/C21H15Cl3N2O3/c22-14-7-10-17(24)19(11-14)26-21(28)13-5-8-15(9-6-13)29-12-20(27)25-18-4-2-1-3-16(18)23/h1-11H,12H2,(H,25,27)(H,26,28). The van der Waals surface area contributed by atoms with Crippen LogP contribution in [0.1, 0.15) is 10.4 Å². The highest BCUT2D eigenvalue weighted by Gasteiger charge is 2.10. The number of anilines is 2. The first-order chi connectivity index (χ1) is 13.9. The molecule has 3 aromatic rings. The number of rotatable bonds is 6. The molecule has 0 fully saturated rings. The number of nitrogens with one attached hydrogen (secondary N) is 2. The molecule has 0 saturated heterocycles. The van der Waals surface area contributed by atoms with Crippen molar-refractivity contribution in [3.05, 3.63) is 87.4 Å². The van der Waals surface area contributed by atoms with Crippen LogP contribution in [0, 0.1) is 0 Å². The largest absolute Gasteiger partial charge is 0.484 e. The topological polar surface area (TPSA) is 67.4 Å². The fraction of sp³-hybridized carbons (Fsp3) is 0.0476. The molecule has 0 saturated carbocycles. The molecule has 3 aromatic carbocycles. The zero-order chi connectivity index (χ0) is 20.8. The van der Waals surface area contributed by atoms with Gasteiger partial charge in [-0.05, 0) is 54.6 Å². The summed E-state index contributed by atoms with van der Waals surface area (Å²) in [6, 6.07) is 18.1. The molecule has 0 aliphatic carbocycles. The van der Waals surface area contributed by atoms with Crippen molar-refractivity contribution in [3.63, 3.8) is 0 Å². The predicted molar refractivity (Wildman–Crippen MR) is 116 cm³/mol. The molecular weight excluding hydrogens is 435 g/mol. The molecule has 0 bridgehead atoms. The Bertz CT molecular complexity index is 1040. The van der Waals surface area contributed by atoms with Crippen molar-refractivity contribution < 1.29 is 14.3 Å². The normalized spacial score (nSPS) is 10.3. The number of hydrogen-bond donors (Lipinski definition) is 2. The summed E-state index contributed by atoms with van der Waals surface area (Å²) < 4.78 is 5.44. The molecule has 0 atom stereocenters.